The van der Waals surface area contributed by atoms with Gasteiger partial charge in [0, 0.05) is 36.8 Å². The minimum atomic E-state index is -0.349. The first-order valence-electron chi connectivity index (χ1n) is 9.43. The van der Waals surface area contributed by atoms with Gasteiger partial charge in [0.2, 0.25) is 11.8 Å². The summed E-state index contributed by atoms with van der Waals surface area (Å²) in [5, 5.41) is 2.76. The number of nitrogens with one attached hydrogen (secondary N) is 1. The number of anilines is 1. The molecule has 1 saturated heterocycles. The van der Waals surface area contributed by atoms with Crippen LogP contribution < -0.4 is 5.32 Å². The normalized spacial score (nSPS) is 15.0. The Morgan fingerprint density at radius 2 is 1.55 bits per heavy atom. The Kier molecular flexibility index (Phi) is 7.60. The summed E-state index contributed by atoms with van der Waals surface area (Å²) in [6, 6.07) is 11.7. The van der Waals surface area contributed by atoms with Crippen molar-refractivity contribution < 1.29 is 18.4 Å². The molecular weight excluding hydrogens is 396 g/mol. The number of benzene rings is 2. The van der Waals surface area contributed by atoms with Crippen molar-refractivity contribution in [1.82, 2.24) is 9.80 Å². The Labute approximate surface area is 173 Å². The van der Waals surface area contributed by atoms with E-state index in [1.807, 2.05) is 9.80 Å². The van der Waals surface area contributed by atoms with E-state index < -0.39 is 0 Å². The van der Waals surface area contributed by atoms with Crippen molar-refractivity contribution in [2.75, 3.05) is 43.8 Å². The van der Waals surface area contributed by atoms with Crippen molar-refractivity contribution >= 4 is 29.3 Å². The molecule has 0 radical (unpaired) electrons. The Bertz CT molecular complexity index is 831. The van der Waals surface area contributed by atoms with Gasteiger partial charge in [-0.2, -0.15) is 0 Å². The summed E-state index contributed by atoms with van der Waals surface area (Å²) in [6.07, 6.45) is 0.788. The summed E-state index contributed by atoms with van der Waals surface area (Å²) in [4.78, 5) is 29.4. The summed E-state index contributed by atoms with van der Waals surface area (Å²) in [6.45, 7) is 2.78. The van der Waals surface area contributed by atoms with Crippen LogP contribution >= 0.6 is 11.8 Å². The number of hydrogen-bond acceptors (Lipinski definition) is 4. The molecule has 0 atom stereocenters. The van der Waals surface area contributed by atoms with Crippen LogP contribution in [0.2, 0.25) is 0 Å². The summed E-state index contributed by atoms with van der Waals surface area (Å²) < 4.78 is 25.9. The summed E-state index contributed by atoms with van der Waals surface area (Å²) in [7, 11) is 0. The fourth-order valence-electron chi connectivity index (χ4n) is 3.08. The molecule has 0 unspecified atom stereocenters. The average molecular weight is 419 g/mol. The fourth-order valence-corrected chi connectivity index (χ4v) is 3.88. The van der Waals surface area contributed by atoms with Crippen LogP contribution in [0.25, 0.3) is 0 Å². The molecular formula is C21H23F2N3O2S. The fraction of sp³-hybridized carbons (Fsp3) is 0.333. The SMILES string of the molecule is O=C(CN1CCCN(C(=O)CSc2ccc(F)cc2)CC1)Nc1ccc(F)cc1. The van der Waals surface area contributed by atoms with Crippen LogP contribution in [0.5, 0.6) is 0 Å². The third kappa shape index (κ3) is 6.83. The van der Waals surface area contributed by atoms with E-state index in [4.69, 9.17) is 0 Å². The molecule has 2 aromatic carbocycles. The van der Waals surface area contributed by atoms with Crippen LogP contribution in [0.3, 0.4) is 0 Å². The molecule has 1 N–H and O–H groups in total. The van der Waals surface area contributed by atoms with Crippen LogP contribution in [-0.2, 0) is 9.59 Å². The van der Waals surface area contributed by atoms with Crippen molar-refractivity contribution in [3.05, 3.63) is 60.2 Å². The smallest absolute Gasteiger partial charge is 0.238 e. The number of amides is 2. The average Bonchev–Trinajstić information content (AvgIpc) is 2.94. The van der Waals surface area contributed by atoms with Crippen LogP contribution in [0.4, 0.5) is 14.5 Å². The molecule has 1 fully saturated rings. The molecule has 0 aliphatic carbocycles. The highest BCUT2D eigenvalue weighted by Gasteiger charge is 2.20. The van der Waals surface area contributed by atoms with Gasteiger partial charge in [-0.15, -0.1) is 11.8 Å². The molecule has 0 aromatic heterocycles. The number of carbonyl (C=O) groups excluding carboxylic acids is 2. The molecule has 1 aliphatic rings. The van der Waals surface area contributed by atoms with Gasteiger partial charge in [0.05, 0.1) is 12.3 Å². The lowest BCUT2D eigenvalue weighted by atomic mass is 10.3. The molecule has 154 valence electrons. The number of carbonyl (C=O) groups is 2. The van der Waals surface area contributed by atoms with Crippen molar-refractivity contribution in [2.24, 2.45) is 0 Å². The Morgan fingerprint density at radius 1 is 0.897 bits per heavy atom. The second-order valence-electron chi connectivity index (χ2n) is 6.81. The monoisotopic (exact) mass is 419 g/mol. The number of thioether (sulfide) groups is 1. The van der Waals surface area contributed by atoms with Crippen molar-refractivity contribution in [3.63, 3.8) is 0 Å². The minimum absolute atomic E-state index is 0.0388. The molecule has 2 aromatic rings. The molecule has 1 heterocycles. The van der Waals surface area contributed by atoms with Crippen LogP contribution in [0, 0.1) is 11.6 Å². The summed E-state index contributed by atoms with van der Waals surface area (Å²) in [5.41, 5.74) is 0.556. The Balaban J connectivity index is 1.43. The van der Waals surface area contributed by atoms with E-state index in [1.54, 1.807) is 12.1 Å². The minimum Gasteiger partial charge on any atom is -0.341 e. The molecule has 0 bridgehead atoms. The third-order valence-electron chi connectivity index (χ3n) is 4.61. The quantitative estimate of drug-likeness (QED) is 0.731. The lowest BCUT2D eigenvalue weighted by Crippen LogP contribution is -2.38. The van der Waals surface area contributed by atoms with E-state index in [2.05, 4.69) is 5.32 Å². The molecule has 5 nitrogen and oxygen atoms in total. The third-order valence-corrected chi connectivity index (χ3v) is 5.61. The van der Waals surface area contributed by atoms with Crippen LogP contribution in [0.1, 0.15) is 6.42 Å². The first-order valence-corrected chi connectivity index (χ1v) is 10.4. The highest BCUT2D eigenvalue weighted by Crippen LogP contribution is 2.19. The maximum Gasteiger partial charge on any atom is 0.238 e. The van der Waals surface area contributed by atoms with Crippen molar-refractivity contribution in [3.8, 4) is 0 Å². The molecule has 0 spiro atoms. The summed E-state index contributed by atoms with van der Waals surface area (Å²) in [5.74, 6) is -0.466. The van der Waals surface area contributed by atoms with E-state index in [1.165, 1.54) is 48.2 Å². The maximum absolute atomic E-state index is 13.0. The van der Waals surface area contributed by atoms with Gasteiger partial charge in [0.25, 0.3) is 0 Å². The molecule has 3 rings (SSSR count). The predicted molar refractivity (Wildman–Crippen MR) is 110 cm³/mol. The van der Waals surface area contributed by atoms with E-state index >= 15 is 0 Å². The largest absolute Gasteiger partial charge is 0.341 e. The van der Waals surface area contributed by atoms with Crippen molar-refractivity contribution in [2.45, 2.75) is 11.3 Å². The van der Waals surface area contributed by atoms with Gasteiger partial charge in [-0.05, 0) is 55.0 Å². The molecule has 1 aliphatic heterocycles. The van der Waals surface area contributed by atoms with E-state index in [0.717, 1.165) is 17.9 Å². The van der Waals surface area contributed by atoms with Gasteiger partial charge >= 0.3 is 0 Å². The van der Waals surface area contributed by atoms with Gasteiger partial charge in [0.1, 0.15) is 11.6 Å². The first-order chi connectivity index (χ1) is 14.0. The van der Waals surface area contributed by atoms with Gasteiger partial charge in [-0.3, -0.25) is 14.5 Å². The lowest BCUT2D eigenvalue weighted by Gasteiger charge is -2.21. The Hall–Kier alpha value is -2.45. The topological polar surface area (TPSA) is 52.7 Å². The number of nitrogens with zero attached hydrogens (tertiary/aromatic N) is 2. The van der Waals surface area contributed by atoms with Gasteiger partial charge in [-0.25, -0.2) is 8.78 Å². The van der Waals surface area contributed by atoms with Gasteiger partial charge < -0.3 is 10.2 Å². The lowest BCUT2D eigenvalue weighted by molar-refractivity contribution is -0.128. The van der Waals surface area contributed by atoms with E-state index in [0.29, 0.717) is 31.1 Å². The highest BCUT2D eigenvalue weighted by molar-refractivity contribution is 8.00. The van der Waals surface area contributed by atoms with Crippen molar-refractivity contribution in [1.29, 1.82) is 0 Å². The van der Waals surface area contributed by atoms with E-state index in [-0.39, 0.29) is 30.0 Å². The number of halogens is 2. The Morgan fingerprint density at radius 3 is 2.24 bits per heavy atom. The molecule has 29 heavy (non-hydrogen) atoms. The molecule has 8 heteroatoms. The second kappa shape index (κ2) is 10.4. The number of rotatable bonds is 6. The molecule has 2 amide bonds. The van der Waals surface area contributed by atoms with Crippen LogP contribution in [0.15, 0.2) is 53.4 Å². The van der Waals surface area contributed by atoms with E-state index in [9.17, 15) is 18.4 Å². The highest BCUT2D eigenvalue weighted by atomic mass is 32.2. The van der Waals surface area contributed by atoms with Gasteiger partial charge in [0.15, 0.2) is 0 Å². The predicted octanol–water partition coefficient (Wildman–Crippen LogP) is 3.23. The summed E-state index contributed by atoms with van der Waals surface area (Å²) >= 11 is 1.39. The van der Waals surface area contributed by atoms with Gasteiger partial charge in [-0.1, -0.05) is 0 Å². The second-order valence-corrected chi connectivity index (χ2v) is 7.86. The first kappa shape index (κ1) is 21.3. The zero-order valence-electron chi connectivity index (χ0n) is 15.9. The molecule has 0 saturated carbocycles. The zero-order chi connectivity index (χ0) is 20.6. The maximum atomic E-state index is 13.0. The zero-order valence-corrected chi connectivity index (χ0v) is 16.8. The van der Waals surface area contributed by atoms with Crippen LogP contribution in [-0.4, -0.2) is 60.1 Å². The number of hydrogen-bond donors (Lipinski definition) is 1. The standard InChI is InChI=1S/C21H23F2N3O2S/c22-16-2-6-18(7-3-16)24-20(27)14-25-10-1-11-26(13-12-25)21(28)15-29-19-8-4-17(23)5-9-19/h2-9H,1,10-15H2,(H,24,27).